The lowest BCUT2D eigenvalue weighted by molar-refractivity contribution is -0.135. The van der Waals surface area contributed by atoms with Crippen LogP contribution in [0.4, 0.5) is 26.2 Å². The minimum absolute atomic E-state index is 0.0521. The molecule has 9 nitrogen and oxygen atoms in total. The van der Waals surface area contributed by atoms with E-state index < -0.39 is 23.5 Å². The molecule has 3 N–H and O–H groups in total. The fraction of sp³-hybridized carbons (Fsp3) is 0.619. The number of aromatic nitrogens is 4. The lowest BCUT2D eigenvalue weighted by Gasteiger charge is -2.34. The lowest BCUT2D eigenvalue weighted by atomic mass is 9.91. The van der Waals surface area contributed by atoms with Crippen molar-refractivity contribution in [3.8, 4) is 5.88 Å². The van der Waals surface area contributed by atoms with Crippen LogP contribution in [0.5, 0.6) is 5.88 Å². The van der Waals surface area contributed by atoms with Gasteiger partial charge in [0.05, 0.1) is 17.7 Å². The van der Waals surface area contributed by atoms with E-state index in [2.05, 4.69) is 25.5 Å². The zero-order chi connectivity index (χ0) is 22.1. The van der Waals surface area contributed by atoms with Crippen LogP contribution in [0, 0.1) is 0 Å². The quantitative estimate of drug-likeness (QED) is 0.647. The molecular weight excluding hydrogens is 422 g/mol. The Morgan fingerprint density at radius 1 is 1.25 bits per heavy atom. The third-order valence-corrected chi connectivity index (χ3v) is 7.06. The lowest BCUT2D eigenvalue weighted by Crippen LogP contribution is -2.44. The zero-order valence-corrected chi connectivity index (χ0v) is 17.4. The van der Waals surface area contributed by atoms with Crippen LogP contribution in [-0.4, -0.2) is 55.4 Å². The van der Waals surface area contributed by atoms with E-state index in [1.807, 2.05) is 0 Å². The minimum Gasteiger partial charge on any atom is -0.473 e. The first-order valence-electron chi connectivity index (χ1n) is 11.1. The molecule has 3 fully saturated rings. The molecule has 4 aliphatic rings. The van der Waals surface area contributed by atoms with Crippen LogP contribution in [0.15, 0.2) is 12.4 Å². The number of halogens is 2. The predicted molar refractivity (Wildman–Crippen MR) is 109 cm³/mol. The molecule has 0 saturated heterocycles. The maximum atomic E-state index is 13.3. The van der Waals surface area contributed by atoms with Crippen molar-refractivity contribution in [2.75, 3.05) is 10.2 Å². The highest BCUT2D eigenvalue weighted by Crippen LogP contribution is 2.57. The summed E-state index contributed by atoms with van der Waals surface area (Å²) in [6.45, 7) is 0. The number of nitrogens with one attached hydrogen (secondary N) is 2. The number of nitrogens with zero attached hydrogens (tertiary/aromatic N) is 4. The number of hydrogen-bond donors (Lipinski definition) is 3. The fourth-order valence-electron chi connectivity index (χ4n) is 5.15. The Bertz CT molecular complexity index is 1060. The van der Waals surface area contributed by atoms with Gasteiger partial charge < -0.3 is 15.2 Å². The number of anilines is 3. The Kier molecular flexibility index (Phi) is 4.24. The molecule has 3 aliphatic carbocycles. The van der Waals surface area contributed by atoms with Crippen molar-refractivity contribution in [2.45, 2.75) is 81.0 Å². The summed E-state index contributed by atoms with van der Waals surface area (Å²) in [5.41, 5.74) is 0.758. The van der Waals surface area contributed by atoms with Gasteiger partial charge in [-0.05, 0) is 38.5 Å². The Hall–Kier alpha value is -2.82. The van der Waals surface area contributed by atoms with E-state index in [1.165, 1.54) is 6.20 Å². The number of aliphatic hydroxyl groups excluding tert-OH is 1. The molecule has 1 aliphatic heterocycles. The highest BCUT2D eigenvalue weighted by atomic mass is 19.3. The topological polar surface area (TPSA) is 116 Å². The number of amides is 1. The van der Waals surface area contributed by atoms with Crippen LogP contribution in [0.25, 0.3) is 0 Å². The van der Waals surface area contributed by atoms with Crippen molar-refractivity contribution in [1.29, 1.82) is 0 Å². The van der Waals surface area contributed by atoms with Crippen LogP contribution >= 0.6 is 0 Å². The summed E-state index contributed by atoms with van der Waals surface area (Å²) in [6.07, 6.45) is 6.09. The van der Waals surface area contributed by atoms with Crippen LogP contribution in [0.3, 0.4) is 0 Å². The second-order valence-electron chi connectivity index (χ2n) is 9.40. The third kappa shape index (κ3) is 3.13. The second kappa shape index (κ2) is 6.84. The summed E-state index contributed by atoms with van der Waals surface area (Å²) in [4.78, 5) is 24.1. The largest absolute Gasteiger partial charge is 0.473 e. The number of ether oxygens (including phenoxy) is 1. The molecule has 3 heterocycles. The number of hydrogen-bond acceptors (Lipinski definition) is 7. The van der Waals surface area contributed by atoms with Crippen molar-refractivity contribution in [3.63, 3.8) is 0 Å². The van der Waals surface area contributed by atoms with Gasteiger partial charge in [-0.15, -0.1) is 0 Å². The van der Waals surface area contributed by atoms with Crippen molar-refractivity contribution < 1.29 is 23.4 Å². The van der Waals surface area contributed by atoms with Crippen molar-refractivity contribution in [1.82, 2.24) is 20.2 Å². The number of rotatable bonds is 5. The molecule has 2 atom stereocenters. The number of aliphatic hydroxyl groups is 1. The summed E-state index contributed by atoms with van der Waals surface area (Å²) in [5, 5.41) is 19.8. The molecular formula is C21H24F2N6O3. The van der Waals surface area contributed by atoms with E-state index in [9.17, 15) is 18.7 Å². The summed E-state index contributed by atoms with van der Waals surface area (Å²) in [6, 6.07) is -0.0826. The predicted octanol–water partition coefficient (Wildman–Crippen LogP) is 2.80. The van der Waals surface area contributed by atoms with Gasteiger partial charge in [0, 0.05) is 30.6 Å². The van der Waals surface area contributed by atoms with Crippen LogP contribution in [0.1, 0.15) is 56.9 Å². The molecule has 0 aromatic carbocycles. The molecule has 0 radical (unpaired) electrons. The summed E-state index contributed by atoms with van der Waals surface area (Å²) < 4.78 is 31.8. The number of H-pyrrole nitrogens is 1. The average Bonchev–Trinajstić information content (AvgIpc) is 3.36. The first kappa shape index (κ1) is 19.8. The van der Waals surface area contributed by atoms with Gasteiger partial charge in [-0.25, -0.2) is 18.9 Å². The van der Waals surface area contributed by atoms with Gasteiger partial charge in [0.15, 0.2) is 0 Å². The van der Waals surface area contributed by atoms with E-state index in [4.69, 9.17) is 4.74 Å². The summed E-state index contributed by atoms with van der Waals surface area (Å²) in [7, 11) is 0. The van der Waals surface area contributed by atoms with E-state index in [-0.39, 0.29) is 36.6 Å². The molecule has 0 bridgehead atoms. The third-order valence-electron chi connectivity index (χ3n) is 7.06. The highest BCUT2D eigenvalue weighted by Gasteiger charge is 2.61. The van der Waals surface area contributed by atoms with Crippen LogP contribution in [-0.2, 0) is 10.2 Å². The molecule has 1 amide bonds. The molecule has 2 aromatic rings. The highest BCUT2D eigenvalue weighted by molar-refractivity contribution is 6.09. The van der Waals surface area contributed by atoms with Crippen LogP contribution < -0.4 is 15.0 Å². The first-order chi connectivity index (χ1) is 15.3. The molecule has 3 saturated carbocycles. The summed E-state index contributed by atoms with van der Waals surface area (Å²) in [5.74, 6) is -1.52. The SMILES string of the molecule is O=C1N([C@@H]2CCC[C@@H](O)C2)c2nc(Nc3cn[nH]c3OC3CC(F)(F)C3)ncc2C12CC2. The van der Waals surface area contributed by atoms with Crippen molar-refractivity contribution in [2.24, 2.45) is 0 Å². The molecule has 11 heteroatoms. The van der Waals surface area contributed by atoms with Gasteiger partial charge in [-0.2, -0.15) is 10.1 Å². The number of aromatic amines is 1. The molecule has 1 spiro atoms. The van der Waals surface area contributed by atoms with Gasteiger partial charge in [0.1, 0.15) is 17.6 Å². The maximum absolute atomic E-state index is 13.3. The van der Waals surface area contributed by atoms with E-state index in [1.54, 1.807) is 11.1 Å². The van der Waals surface area contributed by atoms with Gasteiger partial charge in [-0.3, -0.25) is 9.69 Å². The smallest absolute Gasteiger partial charge is 0.255 e. The number of alkyl halides is 2. The van der Waals surface area contributed by atoms with Crippen molar-refractivity contribution in [3.05, 3.63) is 18.0 Å². The minimum atomic E-state index is -2.68. The Morgan fingerprint density at radius 2 is 2.06 bits per heavy atom. The zero-order valence-electron chi connectivity index (χ0n) is 17.4. The average molecular weight is 446 g/mol. The molecule has 6 rings (SSSR count). The van der Waals surface area contributed by atoms with Gasteiger partial charge >= 0.3 is 0 Å². The molecule has 2 aromatic heterocycles. The van der Waals surface area contributed by atoms with E-state index in [0.29, 0.717) is 17.9 Å². The fourth-order valence-corrected chi connectivity index (χ4v) is 5.15. The number of fused-ring (bicyclic) bond motifs is 2. The van der Waals surface area contributed by atoms with E-state index in [0.717, 1.165) is 37.7 Å². The van der Waals surface area contributed by atoms with Crippen molar-refractivity contribution >= 4 is 23.4 Å². The Balaban J connectivity index is 1.26. The second-order valence-corrected chi connectivity index (χ2v) is 9.40. The number of carbonyl (C=O) groups excluding carboxylic acids is 1. The standard InChI is InChI=1S/C21H24F2N6O3/c22-21(23)7-13(8-21)32-17-15(10-25-28-17)26-19-24-9-14-16(27-19)29(18(31)20(14)4-5-20)11-2-1-3-12(30)6-11/h9-13,30H,1-8H2,(H,25,28)(H,24,26,27)/t11-,12-/m1/s1. The van der Waals surface area contributed by atoms with E-state index >= 15 is 0 Å². The van der Waals surface area contributed by atoms with Gasteiger partial charge in [-0.1, -0.05) is 0 Å². The molecule has 0 unspecified atom stereocenters. The number of carbonyl (C=O) groups is 1. The van der Waals surface area contributed by atoms with Gasteiger partial charge in [0.25, 0.3) is 5.92 Å². The maximum Gasteiger partial charge on any atom is 0.255 e. The van der Waals surface area contributed by atoms with Gasteiger partial charge in [0.2, 0.25) is 17.7 Å². The molecule has 32 heavy (non-hydrogen) atoms. The van der Waals surface area contributed by atoms with Crippen LogP contribution in [0.2, 0.25) is 0 Å². The Morgan fingerprint density at radius 3 is 2.78 bits per heavy atom. The first-order valence-corrected chi connectivity index (χ1v) is 11.1. The summed E-state index contributed by atoms with van der Waals surface area (Å²) >= 11 is 0. The normalized spacial score (nSPS) is 27.8. The Labute approximate surface area is 182 Å². The monoisotopic (exact) mass is 446 g/mol. The molecule has 170 valence electrons.